The second-order valence-corrected chi connectivity index (χ2v) is 6.37. The summed E-state index contributed by atoms with van der Waals surface area (Å²) in [7, 11) is -3.26. The zero-order valence-corrected chi connectivity index (χ0v) is 12.1. The Morgan fingerprint density at radius 3 is 2.70 bits per heavy atom. The van der Waals surface area contributed by atoms with Gasteiger partial charge in [-0.25, -0.2) is 4.31 Å². The summed E-state index contributed by atoms with van der Waals surface area (Å²) in [6, 6.07) is 4.70. The zero-order chi connectivity index (χ0) is 14.8. The summed E-state index contributed by atoms with van der Waals surface area (Å²) >= 11 is 0. The quantitative estimate of drug-likeness (QED) is 0.702. The van der Waals surface area contributed by atoms with Gasteiger partial charge in [-0.2, -0.15) is 0 Å². The van der Waals surface area contributed by atoms with Gasteiger partial charge in [-0.3, -0.25) is 13.9 Å². The van der Waals surface area contributed by atoms with Crippen LogP contribution in [0.25, 0.3) is 0 Å². The number of amides is 1. The maximum absolute atomic E-state index is 12.3. The van der Waals surface area contributed by atoms with E-state index in [0.29, 0.717) is 25.2 Å². The van der Waals surface area contributed by atoms with Crippen LogP contribution in [0.5, 0.6) is 5.75 Å². The second kappa shape index (κ2) is 6.01. The summed E-state index contributed by atoms with van der Waals surface area (Å²) in [5, 5.41) is 8.77. The van der Waals surface area contributed by atoms with Crippen LogP contribution in [0.2, 0.25) is 0 Å². The topological polar surface area (TPSA) is 90.2 Å². The van der Waals surface area contributed by atoms with Crippen LogP contribution in [0.4, 0.5) is 0 Å². The summed E-state index contributed by atoms with van der Waals surface area (Å²) in [6.45, 7) is 2.54. The van der Waals surface area contributed by atoms with Crippen LogP contribution in [0.3, 0.4) is 0 Å². The maximum Gasteiger partial charge on any atom is 0.274 e. The molecule has 2 rings (SSSR count). The van der Waals surface area contributed by atoms with E-state index in [9.17, 15) is 13.9 Å². The Hall–Kier alpha value is -1.28. The first-order valence-electron chi connectivity index (χ1n) is 6.50. The zero-order valence-electron chi connectivity index (χ0n) is 11.3. The minimum Gasteiger partial charge on any atom is -0.494 e. The fourth-order valence-corrected chi connectivity index (χ4v) is 3.78. The molecule has 6 nitrogen and oxygen atoms in total. The van der Waals surface area contributed by atoms with Gasteiger partial charge in [-0.1, -0.05) is 10.8 Å². The van der Waals surface area contributed by atoms with E-state index in [1.54, 1.807) is 12.1 Å². The highest BCUT2D eigenvalue weighted by molar-refractivity contribution is 8.23. The van der Waals surface area contributed by atoms with Gasteiger partial charge in [0.2, 0.25) is 0 Å². The van der Waals surface area contributed by atoms with Gasteiger partial charge in [-0.15, -0.1) is 0 Å². The molecule has 0 atom stereocenters. The van der Waals surface area contributed by atoms with Gasteiger partial charge in [0.15, 0.2) is 0 Å². The van der Waals surface area contributed by atoms with Crippen molar-refractivity contribution in [2.24, 2.45) is 0 Å². The van der Waals surface area contributed by atoms with Crippen molar-refractivity contribution in [3.63, 3.8) is 0 Å². The number of hydrogen-bond acceptors (Lipinski definition) is 5. The molecule has 20 heavy (non-hydrogen) atoms. The van der Waals surface area contributed by atoms with E-state index < -0.39 is 16.7 Å². The van der Waals surface area contributed by atoms with E-state index in [1.807, 2.05) is 6.92 Å². The number of rotatable bonds is 6. The lowest BCUT2D eigenvalue weighted by Crippen LogP contribution is -2.28. The Kier molecular flexibility index (Phi) is 4.54. The predicted molar refractivity (Wildman–Crippen MR) is 76.1 cm³/mol. The monoisotopic (exact) mass is 301 g/mol. The van der Waals surface area contributed by atoms with Gasteiger partial charge >= 0.3 is 0 Å². The van der Waals surface area contributed by atoms with Crippen molar-refractivity contribution in [3.8, 4) is 5.75 Å². The Bertz CT molecular complexity index is 506. The maximum atomic E-state index is 12.3. The third-order valence-corrected chi connectivity index (χ3v) is 5.00. The molecule has 112 valence electrons. The number of nitrogens with zero attached hydrogens (tertiary/aromatic N) is 1. The number of ether oxygens (including phenoxy) is 1. The molecular weight excluding hydrogens is 282 g/mol. The lowest BCUT2D eigenvalue weighted by Gasteiger charge is -2.36. The van der Waals surface area contributed by atoms with Crippen molar-refractivity contribution in [2.45, 2.75) is 24.7 Å². The Morgan fingerprint density at radius 1 is 1.30 bits per heavy atom. The first-order valence-corrected chi connectivity index (χ1v) is 8.00. The molecular formula is C13H19NO5S. The van der Waals surface area contributed by atoms with Gasteiger partial charge < -0.3 is 9.84 Å². The van der Waals surface area contributed by atoms with Crippen LogP contribution in [-0.4, -0.2) is 44.2 Å². The molecule has 1 aromatic carbocycles. The molecule has 0 saturated heterocycles. The fourth-order valence-electron chi connectivity index (χ4n) is 2.14. The lowest BCUT2D eigenvalue weighted by atomic mass is 10.2. The average Bonchev–Trinajstić information content (AvgIpc) is 2.60. The first kappa shape index (κ1) is 15.1. The molecule has 1 aliphatic heterocycles. The Balaban J connectivity index is 2.27. The molecule has 7 heteroatoms. The Labute approximate surface area is 119 Å². The molecule has 1 heterocycles. The van der Waals surface area contributed by atoms with E-state index in [-0.39, 0.29) is 23.6 Å². The van der Waals surface area contributed by atoms with Crippen LogP contribution in [0.1, 0.15) is 30.1 Å². The second-order valence-electron chi connectivity index (χ2n) is 4.45. The number of carbonyl (C=O) groups excluding carboxylic acids is 1. The summed E-state index contributed by atoms with van der Waals surface area (Å²) in [5.41, 5.74) is 0.278. The van der Waals surface area contributed by atoms with Crippen LogP contribution in [0, 0.1) is 0 Å². The van der Waals surface area contributed by atoms with Crippen molar-refractivity contribution in [2.75, 3.05) is 19.8 Å². The third-order valence-electron chi connectivity index (χ3n) is 3.09. The minimum absolute atomic E-state index is 0.0165. The summed E-state index contributed by atoms with van der Waals surface area (Å²) in [4.78, 5) is 12.5. The molecule has 0 radical (unpaired) electrons. The number of fused-ring (bicyclic) bond motifs is 1. The van der Waals surface area contributed by atoms with E-state index >= 15 is 0 Å². The van der Waals surface area contributed by atoms with E-state index in [1.165, 1.54) is 6.07 Å². The summed E-state index contributed by atoms with van der Waals surface area (Å²) in [6.07, 6.45) is 1.03. The third kappa shape index (κ3) is 2.62. The van der Waals surface area contributed by atoms with E-state index in [0.717, 1.165) is 4.31 Å². The molecule has 0 unspecified atom stereocenters. The van der Waals surface area contributed by atoms with Crippen LogP contribution in [0.15, 0.2) is 23.1 Å². The number of aliphatic hydroxyl groups excluding tert-OH is 1. The normalized spacial score (nSPS) is 18.0. The molecule has 0 bridgehead atoms. The van der Waals surface area contributed by atoms with Gasteiger partial charge in [0.05, 0.1) is 17.1 Å². The summed E-state index contributed by atoms with van der Waals surface area (Å²) in [5.74, 6) is 0.131. The smallest absolute Gasteiger partial charge is 0.274 e. The molecule has 0 fully saturated rings. The molecule has 0 saturated carbocycles. The van der Waals surface area contributed by atoms with Crippen LogP contribution < -0.4 is 4.74 Å². The largest absolute Gasteiger partial charge is 0.494 e. The van der Waals surface area contributed by atoms with Gasteiger partial charge in [0.1, 0.15) is 5.75 Å². The van der Waals surface area contributed by atoms with Crippen LogP contribution in [-0.2, 0) is 0 Å². The number of hydrogen-bond donors (Lipinski definition) is 3. The molecule has 3 N–H and O–H groups in total. The molecule has 0 aliphatic carbocycles. The van der Waals surface area contributed by atoms with Gasteiger partial charge in [0, 0.05) is 13.2 Å². The Morgan fingerprint density at radius 2 is 2.05 bits per heavy atom. The summed E-state index contributed by atoms with van der Waals surface area (Å²) < 4.78 is 26.9. The van der Waals surface area contributed by atoms with Crippen molar-refractivity contribution in [1.29, 1.82) is 0 Å². The average molecular weight is 301 g/mol. The fraction of sp³-hybridized carbons (Fsp3) is 0.462. The van der Waals surface area contributed by atoms with Crippen molar-refractivity contribution >= 4 is 16.7 Å². The van der Waals surface area contributed by atoms with E-state index in [2.05, 4.69) is 0 Å². The molecule has 1 aliphatic rings. The molecule has 0 spiro atoms. The molecule has 1 amide bonds. The first-order chi connectivity index (χ1) is 9.52. The molecule has 1 aromatic rings. The number of carbonyl (C=O) groups is 1. The highest BCUT2D eigenvalue weighted by Crippen LogP contribution is 2.58. The van der Waals surface area contributed by atoms with E-state index in [4.69, 9.17) is 9.84 Å². The molecule has 0 aromatic heterocycles. The number of aliphatic hydroxyl groups is 1. The SMILES string of the molecule is CCOc1ccc2c(c1)C(=O)N(CCCCO)S2(O)O. The minimum atomic E-state index is -3.26. The number of unbranched alkanes of at least 4 members (excludes halogenated alkanes) is 1. The van der Waals surface area contributed by atoms with Crippen molar-refractivity contribution in [3.05, 3.63) is 23.8 Å². The number of benzene rings is 1. The van der Waals surface area contributed by atoms with Crippen molar-refractivity contribution < 1.29 is 23.7 Å². The van der Waals surface area contributed by atoms with Crippen LogP contribution >= 0.6 is 10.8 Å². The predicted octanol–water partition coefficient (Wildman–Crippen LogP) is 2.34. The lowest BCUT2D eigenvalue weighted by molar-refractivity contribution is 0.0858. The van der Waals surface area contributed by atoms with Gasteiger partial charge in [0.25, 0.3) is 5.91 Å². The highest BCUT2D eigenvalue weighted by Gasteiger charge is 2.41. The van der Waals surface area contributed by atoms with Crippen molar-refractivity contribution in [1.82, 2.24) is 4.31 Å². The standard InChI is InChI=1S/C13H19NO5S/c1-2-19-10-5-6-12-11(9-10)13(16)14(20(12,17)18)7-3-4-8-15/h5-6,9,15,17-18H,2-4,7-8H2,1H3. The highest BCUT2D eigenvalue weighted by atomic mass is 32.3. The van der Waals surface area contributed by atoms with Gasteiger partial charge in [-0.05, 0) is 38.0 Å².